The number of halogens is 1. The van der Waals surface area contributed by atoms with Crippen LogP contribution in [0, 0.1) is 6.92 Å². The third kappa shape index (κ3) is 5.14. The summed E-state index contributed by atoms with van der Waals surface area (Å²) in [7, 11) is -3.69. The van der Waals surface area contributed by atoms with E-state index in [1.807, 2.05) is 13.0 Å². The number of hydrogen-bond acceptors (Lipinski definition) is 4. The number of benzene rings is 3. The lowest BCUT2D eigenvalue weighted by atomic mass is 10.1. The molecule has 1 fully saturated rings. The summed E-state index contributed by atoms with van der Waals surface area (Å²) in [5.41, 5.74) is 2.34. The molecule has 1 aliphatic rings. The van der Waals surface area contributed by atoms with Crippen LogP contribution in [0.15, 0.2) is 77.7 Å². The van der Waals surface area contributed by atoms with Crippen LogP contribution in [0.2, 0.25) is 5.02 Å². The van der Waals surface area contributed by atoms with Crippen LogP contribution in [0.25, 0.3) is 0 Å². The second-order valence-electron chi connectivity index (χ2n) is 8.00. The smallest absolute Gasteiger partial charge is 0.255 e. The number of piperazine rings is 1. The Morgan fingerprint density at radius 2 is 1.56 bits per heavy atom. The van der Waals surface area contributed by atoms with Crippen LogP contribution in [0.1, 0.15) is 26.3 Å². The molecular weight excluding hydrogens is 474 g/mol. The average molecular weight is 498 g/mol. The topological polar surface area (TPSA) is 86.8 Å². The van der Waals surface area contributed by atoms with E-state index >= 15 is 0 Å². The molecule has 2 amide bonds. The summed E-state index contributed by atoms with van der Waals surface area (Å²) < 4.78 is 27.2. The summed E-state index contributed by atoms with van der Waals surface area (Å²) in [4.78, 5) is 27.4. The molecule has 1 saturated heterocycles. The summed E-state index contributed by atoms with van der Waals surface area (Å²) in [5, 5.41) is 3.22. The van der Waals surface area contributed by atoms with Crippen molar-refractivity contribution in [2.24, 2.45) is 0 Å². The Labute approximate surface area is 204 Å². The zero-order valence-corrected chi connectivity index (χ0v) is 20.1. The van der Waals surface area contributed by atoms with E-state index < -0.39 is 10.0 Å². The van der Waals surface area contributed by atoms with Gasteiger partial charge < -0.3 is 10.2 Å². The van der Waals surface area contributed by atoms with E-state index in [1.165, 1.54) is 16.4 Å². The fourth-order valence-corrected chi connectivity index (χ4v) is 5.49. The number of nitrogens with one attached hydrogen (secondary N) is 1. The second-order valence-corrected chi connectivity index (χ2v) is 10.4. The highest BCUT2D eigenvalue weighted by molar-refractivity contribution is 7.89. The number of carbonyl (C=O) groups is 2. The van der Waals surface area contributed by atoms with E-state index in [0.717, 1.165) is 5.56 Å². The van der Waals surface area contributed by atoms with Gasteiger partial charge in [0.1, 0.15) is 0 Å². The molecular formula is C25H24ClN3O4S. The number of amides is 2. The van der Waals surface area contributed by atoms with Crippen LogP contribution in [-0.2, 0) is 10.0 Å². The molecule has 176 valence electrons. The average Bonchev–Trinajstić information content (AvgIpc) is 2.85. The molecule has 7 nitrogen and oxygen atoms in total. The summed E-state index contributed by atoms with van der Waals surface area (Å²) in [6, 6.07) is 20.2. The molecule has 0 radical (unpaired) electrons. The van der Waals surface area contributed by atoms with Crippen molar-refractivity contribution in [3.8, 4) is 0 Å². The van der Waals surface area contributed by atoms with Crippen LogP contribution in [-0.4, -0.2) is 55.6 Å². The first-order valence-electron chi connectivity index (χ1n) is 10.8. The standard InChI is InChI=1S/C25H24ClN3O4S/c1-18-10-11-20(16-23(18)27-24(30)19-6-3-2-4-7-19)25(31)28-12-14-29(15-13-28)34(32,33)22-9-5-8-21(26)17-22/h2-11,16-17H,12-15H2,1H3,(H,27,30). The van der Waals surface area contributed by atoms with E-state index in [0.29, 0.717) is 21.8 Å². The zero-order valence-electron chi connectivity index (χ0n) is 18.6. The van der Waals surface area contributed by atoms with Crippen LogP contribution >= 0.6 is 11.6 Å². The molecule has 0 unspecified atom stereocenters. The summed E-state index contributed by atoms with van der Waals surface area (Å²) in [6.07, 6.45) is 0. The van der Waals surface area contributed by atoms with Crippen molar-refractivity contribution >= 4 is 39.1 Å². The SMILES string of the molecule is Cc1ccc(C(=O)N2CCN(S(=O)(=O)c3cccc(Cl)c3)CC2)cc1NC(=O)c1ccccc1. The summed E-state index contributed by atoms with van der Waals surface area (Å²) in [6.45, 7) is 2.75. The molecule has 9 heteroatoms. The van der Waals surface area contributed by atoms with Crippen LogP contribution < -0.4 is 5.32 Å². The molecule has 4 rings (SSSR count). The molecule has 0 spiro atoms. The fraction of sp³-hybridized carbons (Fsp3) is 0.200. The highest BCUT2D eigenvalue weighted by Gasteiger charge is 2.30. The predicted octanol–water partition coefficient (Wildman–Crippen LogP) is 4.05. The van der Waals surface area contributed by atoms with Crippen molar-refractivity contribution in [3.63, 3.8) is 0 Å². The largest absolute Gasteiger partial charge is 0.336 e. The van der Waals surface area contributed by atoms with Crippen molar-refractivity contribution in [1.29, 1.82) is 0 Å². The highest BCUT2D eigenvalue weighted by atomic mass is 35.5. The lowest BCUT2D eigenvalue weighted by molar-refractivity contribution is 0.0697. The molecule has 3 aromatic rings. The predicted molar refractivity (Wildman–Crippen MR) is 132 cm³/mol. The monoisotopic (exact) mass is 497 g/mol. The Hall–Kier alpha value is -3.20. The molecule has 0 aliphatic carbocycles. The maximum Gasteiger partial charge on any atom is 0.255 e. The van der Waals surface area contributed by atoms with E-state index in [4.69, 9.17) is 11.6 Å². The van der Waals surface area contributed by atoms with E-state index in [1.54, 1.807) is 59.5 Å². The molecule has 1 N–H and O–H groups in total. The van der Waals surface area contributed by atoms with Crippen molar-refractivity contribution in [1.82, 2.24) is 9.21 Å². The highest BCUT2D eigenvalue weighted by Crippen LogP contribution is 2.23. The molecule has 1 heterocycles. The van der Waals surface area contributed by atoms with Gasteiger partial charge in [-0.05, 0) is 55.0 Å². The van der Waals surface area contributed by atoms with Crippen molar-refractivity contribution in [3.05, 3.63) is 94.5 Å². The van der Waals surface area contributed by atoms with Gasteiger partial charge in [0.15, 0.2) is 0 Å². The third-order valence-electron chi connectivity index (χ3n) is 5.73. The van der Waals surface area contributed by atoms with Gasteiger partial charge in [0.25, 0.3) is 11.8 Å². The van der Waals surface area contributed by atoms with Gasteiger partial charge >= 0.3 is 0 Å². The number of nitrogens with zero attached hydrogens (tertiary/aromatic N) is 2. The first-order valence-corrected chi connectivity index (χ1v) is 12.6. The normalized spacial score (nSPS) is 14.6. The Balaban J connectivity index is 1.44. The van der Waals surface area contributed by atoms with Gasteiger partial charge in [-0.25, -0.2) is 8.42 Å². The van der Waals surface area contributed by atoms with E-state index in [9.17, 15) is 18.0 Å². The van der Waals surface area contributed by atoms with Gasteiger partial charge in [-0.2, -0.15) is 4.31 Å². The van der Waals surface area contributed by atoms with Crippen LogP contribution in [0.5, 0.6) is 0 Å². The van der Waals surface area contributed by atoms with Gasteiger partial charge in [0.2, 0.25) is 10.0 Å². The molecule has 34 heavy (non-hydrogen) atoms. The maximum absolute atomic E-state index is 13.1. The van der Waals surface area contributed by atoms with Gasteiger partial charge in [-0.15, -0.1) is 0 Å². The number of anilines is 1. The Morgan fingerprint density at radius 3 is 2.24 bits per heavy atom. The minimum absolute atomic E-state index is 0.136. The lowest BCUT2D eigenvalue weighted by Crippen LogP contribution is -2.50. The van der Waals surface area contributed by atoms with Crippen LogP contribution in [0.4, 0.5) is 5.69 Å². The van der Waals surface area contributed by atoms with Crippen molar-refractivity contribution in [2.75, 3.05) is 31.5 Å². The van der Waals surface area contributed by atoms with Gasteiger partial charge in [0.05, 0.1) is 4.90 Å². The Kier molecular flexibility index (Phi) is 7.02. The number of carbonyl (C=O) groups excluding carboxylic acids is 2. The Morgan fingerprint density at radius 1 is 0.853 bits per heavy atom. The third-order valence-corrected chi connectivity index (χ3v) is 7.86. The number of aryl methyl sites for hydroxylation is 1. The molecule has 0 saturated carbocycles. The minimum Gasteiger partial charge on any atom is -0.336 e. The molecule has 0 bridgehead atoms. The minimum atomic E-state index is -3.69. The zero-order chi connectivity index (χ0) is 24.3. The van der Waals surface area contributed by atoms with E-state index in [2.05, 4.69) is 5.32 Å². The number of hydrogen-bond donors (Lipinski definition) is 1. The Bertz CT molecular complexity index is 1320. The van der Waals surface area contributed by atoms with Crippen molar-refractivity contribution < 1.29 is 18.0 Å². The van der Waals surface area contributed by atoms with Crippen molar-refractivity contribution in [2.45, 2.75) is 11.8 Å². The molecule has 1 aliphatic heterocycles. The van der Waals surface area contributed by atoms with Crippen LogP contribution in [0.3, 0.4) is 0 Å². The quantitative estimate of drug-likeness (QED) is 0.576. The van der Waals surface area contributed by atoms with Gasteiger partial charge in [-0.3, -0.25) is 9.59 Å². The van der Waals surface area contributed by atoms with Gasteiger partial charge in [0, 0.05) is 48.0 Å². The summed E-state index contributed by atoms with van der Waals surface area (Å²) in [5.74, 6) is -0.469. The first-order chi connectivity index (χ1) is 16.3. The first kappa shape index (κ1) is 23.9. The second kappa shape index (κ2) is 9.97. The molecule has 0 atom stereocenters. The lowest BCUT2D eigenvalue weighted by Gasteiger charge is -2.34. The number of rotatable bonds is 5. The van der Waals surface area contributed by atoms with E-state index in [-0.39, 0.29) is 42.9 Å². The maximum atomic E-state index is 13.1. The summed E-state index contributed by atoms with van der Waals surface area (Å²) >= 11 is 5.95. The number of sulfonamides is 1. The fourth-order valence-electron chi connectivity index (χ4n) is 3.76. The molecule has 3 aromatic carbocycles. The molecule has 0 aromatic heterocycles. The van der Waals surface area contributed by atoms with Gasteiger partial charge in [-0.1, -0.05) is 41.9 Å².